The number of sulfonamides is 1. The van der Waals surface area contributed by atoms with Gasteiger partial charge in [0.1, 0.15) is 6.54 Å². The highest BCUT2D eigenvalue weighted by Gasteiger charge is 2.26. The Hall–Kier alpha value is -2.22. The molecule has 7 heteroatoms. The van der Waals surface area contributed by atoms with Crippen molar-refractivity contribution in [2.45, 2.75) is 37.6 Å². The van der Waals surface area contributed by atoms with Crippen molar-refractivity contribution in [3.05, 3.63) is 59.7 Å². The molecule has 0 spiro atoms. The molecule has 0 aromatic heterocycles. The number of nitrogens with zero attached hydrogens (tertiary/aromatic N) is 1. The Bertz CT molecular complexity index is 939. The van der Waals surface area contributed by atoms with E-state index in [0.29, 0.717) is 25.3 Å². The van der Waals surface area contributed by atoms with E-state index in [1.165, 1.54) is 5.56 Å². The van der Waals surface area contributed by atoms with Gasteiger partial charge in [0.05, 0.1) is 11.9 Å². The Morgan fingerprint density at radius 3 is 2.45 bits per heavy atom. The molecule has 0 radical (unpaired) electrons. The van der Waals surface area contributed by atoms with E-state index in [2.05, 4.69) is 5.32 Å². The van der Waals surface area contributed by atoms with Crippen LogP contribution in [0.3, 0.4) is 0 Å². The van der Waals surface area contributed by atoms with Crippen LogP contribution < -0.4 is 10.2 Å². The molecule has 2 aromatic carbocycles. The molecule has 1 saturated heterocycles. The van der Waals surface area contributed by atoms with Crippen LogP contribution in [-0.4, -0.2) is 45.3 Å². The second-order valence-corrected chi connectivity index (χ2v) is 9.72. The van der Waals surface area contributed by atoms with Gasteiger partial charge < -0.3 is 10.2 Å². The van der Waals surface area contributed by atoms with Crippen LogP contribution in [0.25, 0.3) is 0 Å². The molecule has 1 fully saturated rings. The third kappa shape index (κ3) is 5.65. The Balaban J connectivity index is 1.67. The number of carbonyl (C=O) groups excluding carboxylic acids is 1. The van der Waals surface area contributed by atoms with Crippen molar-refractivity contribution in [1.29, 1.82) is 0 Å². The largest absolute Gasteiger partial charge is 0.326 e. The first-order chi connectivity index (χ1) is 13.9. The molecular weight excluding hydrogens is 386 g/mol. The monoisotopic (exact) mass is 416 g/mol. The third-order valence-electron chi connectivity index (χ3n) is 5.25. The van der Waals surface area contributed by atoms with E-state index < -0.39 is 10.0 Å². The molecule has 1 amide bonds. The van der Waals surface area contributed by atoms with Gasteiger partial charge in [-0.15, -0.1) is 0 Å². The van der Waals surface area contributed by atoms with Crippen molar-refractivity contribution >= 4 is 21.6 Å². The summed E-state index contributed by atoms with van der Waals surface area (Å²) in [6.45, 7) is 4.04. The number of anilines is 1. The fraction of sp³-hybridized carbons (Fsp3) is 0.409. The molecule has 156 valence electrons. The number of hydrogen-bond acceptors (Lipinski definition) is 3. The van der Waals surface area contributed by atoms with Crippen molar-refractivity contribution < 1.29 is 18.1 Å². The fourth-order valence-corrected chi connectivity index (χ4v) is 5.17. The Labute approximate surface area is 173 Å². The van der Waals surface area contributed by atoms with Crippen LogP contribution in [0.1, 0.15) is 30.4 Å². The zero-order chi connectivity index (χ0) is 20.9. The normalized spacial score (nSPS) is 16.3. The molecule has 29 heavy (non-hydrogen) atoms. The lowest BCUT2D eigenvalue weighted by Crippen LogP contribution is -3.08. The van der Waals surface area contributed by atoms with E-state index in [9.17, 15) is 13.2 Å². The number of aryl methyl sites for hydroxylation is 1. The lowest BCUT2D eigenvalue weighted by atomic mass is 10.2. The number of nitrogens with one attached hydrogen (secondary N) is 2. The molecular formula is C22H30N3O3S+. The number of hydrogen-bond donors (Lipinski definition) is 2. The van der Waals surface area contributed by atoms with Crippen molar-refractivity contribution in [1.82, 2.24) is 4.31 Å². The van der Waals surface area contributed by atoms with Crippen LogP contribution >= 0.6 is 0 Å². The predicted molar refractivity (Wildman–Crippen MR) is 114 cm³/mol. The van der Waals surface area contributed by atoms with Gasteiger partial charge in [-0.3, -0.25) is 4.79 Å². The number of piperidine rings is 1. The first kappa shape index (κ1) is 21.5. The van der Waals surface area contributed by atoms with Crippen LogP contribution in [0.15, 0.2) is 53.4 Å². The SMILES string of the molecule is Cc1ccc(S(=O)(=O)N2CCCCC2)cc1NC(=O)C[NH+](C)Cc1ccccc1. The fourth-order valence-electron chi connectivity index (χ4n) is 3.63. The average Bonchev–Trinajstić information content (AvgIpc) is 2.70. The minimum atomic E-state index is -3.52. The molecule has 1 heterocycles. The smallest absolute Gasteiger partial charge is 0.279 e. The highest BCUT2D eigenvalue weighted by molar-refractivity contribution is 7.89. The standard InChI is InChI=1S/C22H29N3O3S/c1-18-11-12-20(29(27,28)25-13-7-4-8-14-25)15-21(18)23-22(26)17-24(2)16-19-9-5-3-6-10-19/h3,5-6,9-12,15H,4,7-8,13-14,16-17H2,1-2H3,(H,23,26)/p+1. The first-order valence-corrected chi connectivity index (χ1v) is 11.6. The number of rotatable bonds is 7. The summed E-state index contributed by atoms with van der Waals surface area (Å²) in [5.41, 5.74) is 2.57. The quantitative estimate of drug-likeness (QED) is 0.723. The average molecular weight is 417 g/mol. The summed E-state index contributed by atoms with van der Waals surface area (Å²) in [4.78, 5) is 13.8. The van der Waals surface area contributed by atoms with E-state index >= 15 is 0 Å². The molecule has 2 N–H and O–H groups in total. The number of amides is 1. The molecule has 0 saturated carbocycles. The number of benzene rings is 2. The molecule has 1 atom stereocenters. The molecule has 0 bridgehead atoms. The Morgan fingerprint density at radius 2 is 1.76 bits per heavy atom. The van der Waals surface area contributed by atoms with Gasteiger partial charge in [-0.05, 0) is 37.5 Å². The first-order valence-electron chi connectivity index (χ1n) is 10.1. The maximum atomic E-state index is 12.9. The summed E-state index contributed by atoms with van der Waals surface area (Å²) in [6, 6.07) is 15.0. The highest BCUT2D eigenvalue weighted by atomic mass is 32.2. The van der Waals surface area contributed by atoms with E-state index in [4.69, 9.17) is 0 Å². The van der Waals surface area contributed by atoms with Crippen molar-refractivity contribution in [2.75, 3.05) is 32.0 Å². The summed E-state index contributed by atoms with van der Waals surface area (Å²) >= 11 is 0. The van der Waals surface area contributed by atoms with E-state index in [0.717, 1.165) is 36.3 Å². The molecule has 1 unspecified atom stereocenters. The van der Waals surface area contributed by atoms with Gasteiger partial charge in [-0.2, -0.15) is 4.31 Å². The predicted octanol–water partition coefficient (Wildman–Crippen LogP) is 1.82. The van der Waals surface area contributed by atoms with Gasteiger partial charge in [0, 0.05) is 24.3 Å². The topological polar surface area (TPSA) is 70.9 Å². The molecule has 2 aromatic rings. The van der Waals surface area contributed by atoms with E-state index in [-0.39, 0.29) is 10.8 Å². The van der Waals surface area contributed by atoms with Crippen LogP contribution in [-0.2, 0) is 21.4 Å². The number of carbonyl (C=O) groups is 1. The van der Waals surface area contributed by atoms with Gasteiger partial charge in [0.15, 0.2) is 6.54 Å². The van der Waals surface area contributed by atoms with Crippen LogP contribution in [0.4, 0.5) is 5.69 Å². The molecule has 6 nitrogen and oxygen atoms in total. The van der Waals surface area contributed by atoms with Gasteiger partial charge in [0.25, 0.3) is 5.91 Å². The van der Waals surface area contributed by atoms with Gasteiger partial charge in [0.2, 0.25) is 10.0 Å². The Morgan fingerprint density at radius 1 is 1.07 bits per heavy atom. The maximum absolute atomic E-state index is 12.9. The summed E-state index contributed by atoms with van der Waals surface area (Å²) in [7, 11) is -1.56. The molecule has 0 aliphatic carbocycles. The van der Waals surface area contributed by atoms with Gasteiger partial charge >= 0.3 is 0 Å². The minimum Gasteiger partial charge on any atom is -0.326 e. The molecule has 1 aliphatic heterocycles. The number of likely N-dealkylation sites (N-methyl/N-ethyl adjacent to an activating group) is 1. The zero-order valence-corrected chi connectivity index (χ0v) is 18.0. The minimum absolute atomic E-state index is 0.131. The number of quaternary nitrogens is 1. The van der Waals surface area contributed by atoms with Crippen LogP contribution in [0.5, 0.6) is 0 Å². The second kappa shape index (κ2) is 9.52. The summed E-state index contributed by atoms with van der Waals surface area (Å²) in [5.74, 6) is -0.131. The van der Waals surface area contributed by atoms with Crippen molar-refractivity contribution in [3.8, 4) is 0 Å². The van der Waals surface area contributed by atoms with Crippen LogP contribution in [0.2, 0.25) is 0 Å². The summed E-state index contributed by atoms with van der Waals surface area (Å²) in [5, 5.41) is 2.90. The van der Waals surface area contributed by atoms with Gasteiger partial charge in [-0.1, -0.05) is 42.8 Å². The molecule has 1 aliphatic rings. The molecule has 3 rings (SSSR count). The lowest BCUT2D eigenvalue weighted by molar-refractivity contribution is -0.885. The maximum Gasteiger partial charge on any atom is 0.279 e. The summed E-state index contributed by atoms with van der Waals surface area (Å²) < 4.78 is 27.4. The highest BCUT2D eigenvalue weighted by Crippen LogP contribution is 2.25. The summed E-state index contributed by atoms with van der Waals surface area (Å²) in [6.07, 6.45) is 2.86. The van der Waals surface area contributed by atoms with E-state index in [1.54, 1.807) is 22.5 Å². The third-order valence-corrected chi connectivity index (χ3v) is 7.14. The zero-order valence-electron chi connectivity index (χ0n) is 17.1. The van der Waals surface area contributed by atoms with Crippen molar-refractivity contribution in [2.24, 2.45) is 0 Å². The van der Waals surface area contributed by atoms with Crippen LogP contribution in [0, 0.1) is 6.92 Å². The van der Waals surface area contributed by atoms with E-state index in [1.807, 2.05) is 44.3 Å². The lowest BCUT2D eigenvalue weighted by Gasteiger charge is -2.26. The van der Waals surface area contributed by atoms with Crippen molar-refractivity contribution in [3.63, 3.8) is 0 Å². The second-order valence-electron chi connectivity index (χ2n) is 7.79. The Kier molecular flexibility index (Phi) is 7.05. The van der Waals surface area contributed by atoms with Gasteiger partial charge in [-0.25, -0.2) is 8.42 Å².